The molecule has 25 heavy (non-hydrogen) atoms. The van der Waals surface area contributed by atoms with Crippen LogP contribution in [0.25, 0.3) is 0 Å². The van der Waals surface area contributed by atoms with E-state index in [1.807, 2.05) is 18.3 Å². The van der Waals surface area contributed by atoms with Crippen molar-refractivity contribution in [3.05, 3.63) is 45.4 Å². The summed E-state index contributed by atoms with van der Waals surface area (Å²) in [5.74, 6) is 0.862. The molecule has 6 heteroatoms. The van der Waals surface area contributed by atoms with Gasteiger partial charge in [-0.3, -0.25) is 4.90 Å². The first-order chi connectivity index (χ1) is 12.2. The highest BCUT2D eigenvalue weighted by Crippen LogP contribution is 2.56. The van der Waals surface area contributed by atoms with Gasteiger partial charge in [0.1, 0.15) is 10.8 Å². The number of hydrogen-bond acceptors (Lipinski definition) is 5. The van der Waals surface area contributed by atoms with Gasteiger partial charge in [0, 0.05) is 29.2 Å². The smallest absolute Gasteiger partial charge is 0.119 e. The highest BCUT2D eigenvalue weighted by Gasteiger charge is 2.56. The van der Waals surface area contributed by atoms with E-state index in [4.69, 9.17) is 16.3 Å². The standard InChI is InChI=1S/C19H24ClN3OS/c1-24-15-2-3-16(20)14(10-15)12-23(13-18-22-8-9-25-18)17-11-19(17)4-6-21-7-5-19/h2-3,8-10,17,21H,4-7,11-13H2,1H3. The zero-order valence-electron chi connectivity index (χ0n) is 14.5. The van der Waals surface area contributed by atoms with Crippen LogP contribution in [0.4, 0.5) is 0 Å². The Labute approximate surface area is 158 Å². The van der Waals surface area contributed by atoms with Gasteiger partial charge in [-0.25, -0.2) is 4.98 Å². The van der Waals surface area contributed by atoms with Crippen LogP contribution >= 0.6 is 22.9 Å². The number of thiazole rings is 1. The van der Waals surface area contributed by atoms with Crippen LogP contribution in [0.1, 0.15) is 29.8 Å². The zero-order chi connectivity index (χ0) is 17.3. The molecule has 1 aromatic heterocycles. The van der Waals surface area contributed by atoms with Gasteiger partial charge >= 0.3 is 0 Å². The summed E-state index contributed by atoms with van der Waals surface area (Å²) < 4.78 is 5.39. The van der Waals surface area contributed by atoms with Gasteiger partial charge < -0.3 is 10.1 Å². The van der Waals surface area contributed by atoms with Crippen molar-refractivity contribution in [3.63, 3.8) is 0 Å². The lowest BCUT2D eigenvalue weighted by atomic mass is 9.93. The third-order valence-electron chi connectivity index (χ3n) is 5.63. The number of aromatic nitrogens is 1. The Balaban J connectivity index is 1.56. The predicted octanol–water partition coefficient (Wildman–Crippen LogP) is 3.95. The largest absolute Gasteiger partial charge is 0.497 e. The zero-order valence-corrected chi connectivity index (χ0v) is 16.1. The number of halogens is 1. The van der Waals surface area contributed by atoms with E-state index in [0.717, 1.165) is 42.5 Å². The molecule has 134 valence electrons. The minimum absolute atomic E-state index is 0.494. The lowest BCUT2D eigenvalue weighted by Gasteiger charge is -2.29. The molecule has 0 amide bonds. The summed E-state index contributed by atoms with van der Waals surface area (Å²) in [5, 5.41) is 7.53. The monoisotopic (exact) mass is 377 g/mol. The second-order valence-corrected chi connectivity index (χ2v) is 8.51. The number of nitrogens with one attached hydrogen (secondary N) is 1. The van der Waals surface area contributed by atoms with Crippen molar-refractivity contribution in [2.75, 3.05) is 20.2 Å². The normalized spacial score (nSPS) is 21.6. The minimum atomic E-state index is 0.494. The van der Waals surface area contributed by atoms with Crippen LogP contribution in [0.2, 0.25) is 5.02 Å². The molecule has 1 N–H and O–H groups in total. The van der Waals surface area contributed by atoms with Gasteiger partial charge in [0.25, 0.3) is 0 Å². The van der Waals surface area contributed by atoms with Crippen molar-refractivity contribution in [3.8, 4) is 5.75 Å². The molecule has 1 unspecified atom stereocenters. The number of methoxy groups -OCH3 is 1. The third-order valence-corrected chi connectivity index (χ3v) is 6.77. The lowest BCUT2D eigenvalue weighted by Crippen LogP contribution is -2.35. The molecule has 1 aliphatic carbocycles. The fourth-order valence-corrected chi connectivity index (χ4v) is 4.92. The molecule has 1 saturated carbocycles. The molecule has 1 atom stereocenters. The average molecular weight is 378 g/mol. The Morgan fingerprint density at radius 2 is 2.20 bits per heavy atom. The summed E-state index contributed by atoms with van der Waals surface area (Å²) in [6.07, 6.45) is 5.74. The average Bonchev–Trinajstić information content (AvgIpc) is 3.06. The summed E-state index contributed by atoms with van der Waals surface area (Å²) in [6.45, 7) is 4.02. The van der Waals surface area contributed by atoms with Crippen LogP contribution in [0.5, 0.6) is 5.75 Å². The van der Waals surface area contributed by atoms with Crippen molar-refractivity contribution in [1.29, 1.82) is 0 Å². The highest BCUT2D eigenvalue weighted by atomic mass is 35.5. The van der Waals surface area contributed by atoms with E-state index < -0.39 is 0 Å². The van der Waals surface area contributed by atoms with Crippen LogP contribution in [-0.2, 0) is 13.1 Å². The highest BCUT2D eigenvalue weighted by molar-refractivity contribution is 7.09. The van der Waals surface area contributed by atoms with Crippen molar-refractivity contribution < 1.29 is 4.74 Å². The van der Waals surface area contributed by atoms with Crippen molar-refractivity contribution in [2.24, 2.45) is 5.41 Å². The Morgan fingerprint density at radius 3 is 2.92 bits per heavy atom. The number of rotatable bonds is 6. The Hall–Kier alpha value is -1.14. The number of hydrogen-bond donors (Lipinski definition) is 1. The van der Waals surface area contributed by atoms with E-state index in [-0.39, 0.29) is 0 Å². The molecule has 2 heterocycles. The Bertz CT molecular complexity index is 715. The Morgan fingerprint density at radius 1 is 1.36 bits per heavy atom. The fraction of sp³-hybridized carbons (Fsp3) is 0.526. The summed E-state index contributed by atoms with van der Waals surface area (Å²) in [7, 11) is 1.70. The number of benzene rings is 1. The maximum atomic E-state index is 6.48. The minimum Gasteiger partial charge on any atom is -0.497 e. The molecule has 0 radical (unpaired) electrons. The molecule has 1 spiro atoms. The first kappa shape index (κ1) is 17.3. The van der Waals surface area contributed by atoms with E-state index in [2.05, 4.69) is 26.6 Å². The molecular weight excluding hydrogens is 354 g/mol. The lowest BCUT2D eigenvalue weighted by molar-refractivity contribution is 0.187. The van der Waals surface area contributed by atoms with E-state index in [0.29, 0.717) is 11.5 Å². The molecule has 2 aliphatic rings. The topological polar surface area (TPSA) is 37.4 Å². The maximum Gasteiger partial charge on any atom is 0.119 e. The van der Waals surface area contributed by atoms with Gasteiger partial charge in [-0.15, -0.1) is 11.3 Å². The summed E-state index contributed by atoms with van der Waals surface area (Å²) in [5.41, 5.74) is 1.63. The molecule has 2 fully saturated rings. The van der Waals surface area contributed by atoms with Crippen LogP contribution in [-0.4, -0.2) is 36.1 Å². The number of nitrogens with zero attached hydrogens (tertiary/aromatic N) is 2. The van der Waals surface area contributed by atoms with Crippen molar-refractivity contribution in [2.45, 2.75) is 38.4 Å². The van der Waals surface area contributed by atoms with Gasteiger partial charge in [-0.1, -0.05) is 11.6 Å². The van der Waals surface area contributed by atoms with E-state index in [1.165, 1.54) is 24.3 Å². The predicted molar refractivity (Wildman–Crippen MR) is 102 cm³/mol. The van der Waals surface area contributed by atoms with Crippen molar-refractivity contribution in [1.82, 2.24) is 15.2 Å². The summed E-state index contributed by atoms with van der Waals surface area (Å²) >= 11 is 8.21. The molecule has 1 saturated heterocycles. The molecule has 4 rings (SSSR count). The van der Waals surface area contributed by atoms with E-state index in [1.54, 1.807) is 18.4 Å². The van der Waals surface area contributed by atoms with Gasteiger partial charge in [0.05, 0.1) is 13.7 Å². The summed E-state index contributed by atoms with van der Waals surface area (Å²) in [6, 6.07) is 6.54. The molecular formula is C19H24ClN3OS. The molecule has 1 aromatic carbocycles. The molecule has 0 bridgehead atoms. The van der Waals surface area contributed by atoms with Crippen LogP contribution in [0.3, 0.4) is 0 Å². The van der Waals surface area contributed by atoms with Crippen LogP contribution in [0.15, 0.2) is 29.8 Å². The maximum absolute atomic E-state index is 6.48. The van der Waals surface area contributed by atoms with Crippen molar-refractivity contribution >= 4 is 22.9 Å². The van der Waals surface area contributed by atoms with Gasteiger partial charge in [-0.05, 0) is 61.5 Å². The Kier molecular flexibility index (Phi) is 5.00. The number of ether oxygens (including phenoxy) is 1. The summed E-state index contributed by atoms with van der Waals surface area (Å²) in [4.78, 5) is 7.08. The SMILES string of the molecule is COc1ccc(Cl)c(CN(Cc2nccs2)C2CC23CCNCC3)c1. The molecule has 2 aromatic rings. The number of piperidine rings is 1. The second-order valence-electron chi connectivity index (χ2n) is 7.12. The van der Waals surface area contributed by atoms with Crippen LogP contribution < -0.4 is 10.1 Å². The van der Waals surface area contributed by atoms with Gasteiger partial charge in [-0.2, -0.15) is 0 Å². The second kappa shape index (κ2) is 7.23. The van der Waals surface area contributed by atoms with Gasteiger partial charge in [0.15, 0.2) is 0 Å². The first-order valence-electron chi connectivity index (χ1n) is 8.86. The first-order valence-corrected chi connectivity index (χ1v) is 10.1. The molecule has 1 aliphatic heterocycles. The third kappa shape index (κ3) is 3.70. The van der Waals surface area contributed by atoms with Crippen LogP contribution in [0, 0.1) is 5.41 Å². The fourth-order valence-electron chi connectivity index (χ4n) is 4.10. The van der Waals surface area contributed by atoms with Gasteiger partial charge in [0.2, 0.25) is 0 Å². The quantitative estimate of drug-likeness (QED) is 0.827. The molecule has 4 nitrogen and oxygen atoms in total. The van der Waals surface area contributed by atoms with E-state index >= 15 is 0 Å². The van der Waals surface area contributed by atoms with E-state index in [9.17, 15) is 0 Å².